The van der Waals surface area contributed by atoms with Crippen molar-refractivity contribution in [1.82, 2.24) is 0 Å². The number of halogens is 4. The lowest BCUT2D eigenvalue weighted by molar-refractivity contribution is 0.102. The quantitative estimate of drug-likeness (QED) is 0.723. The maximum Gasteiger partial charge on any atom is 0.256 e. The van der Waals surface area contributed by atoms with Crippen LogP contribution in [0.1, 0.15) is 10.4 Å². The predicted molar refractivity (Wildman–Crippen MR) is 81.2 cm³/mol. The van der Waals surface area contributed by atoms with Gasteiger partial charge in [-0.25, -0.2) is 4.39 Å². The van der Waals surface area contributed by atoms with Crippen LogP contribution in [-0.2, 0) is 0 Å². The third-order valence-electron chi connectivity index (χ3n) is 2.35. The first-order valence-electron chi connectivity index (χ1n) is 5.19. The fraction of sp³-hybridized carbons (Fsp3) is 0. The summed E-state index contributed by atoms with van der Waals surface area (Å²) in [5.41, 5.74) is 0.785. The molecule has 2 rings (SSSR count). The summed E-state index contributed by atoms with van der Waals surface area (Å²) in [6.07, 6.45) is 0. The Balaban J connectivity index is 2.28. The largest absolute Gasteiger partial charge is 0.321 e. The lowest BCUT2D eigenvalue weighted by Gasteiger charge is -2.09. The van der Waals surface area contributed by atoms with Crippen LogP contribution < -0.4 is 5.32 Å². The zero-order valence-electron chi connectivity index (χ0n) is 9.38. The van der Waals surface area contributed by atoms with Gasteiger partial charge in [0.25, 0.3) is 5.91 Å². The molecule has 0 spiro atoms. The predicted octanol–water partition coefficient (Wildman–Crippen LogP) is 5.26. The lowest BCUT2D eigenvalue weighted by Crippen LogP contribution is -2.13. The Bertz CT molecular complexity index is 649. The number of benzene rings is 2. The van der Waals surface area contributed by atoms with Crippen LogP contribution in [0.4, 0.5) is 10.1 Å². The molecule has 0 aliphatic heterocycles. The average Bonchev–Trinajstić information content (AvgIpc) is 2.35. The van der Waals surface area contributed by atoms with E-state index < -0.39 is 11.7 Å². The topological polar surface area (TPSA) is 29.1 Å². The summed E-state index contributed by atoms with van der Waals surface area (Å²) in [5, 5.41) is 3.23. The van der Waals surface area contributed by atoms with Crippen LogP contribution in [-0.4, -0.2) is 5.91 Å². The lowest BCUT2D eigenvalue weighted by atomic mass is 10.2. The Hall–Kier alpha value is -0.910. The normalized spacial score (nSPS) is 10.3. The van der Waals surface area contributed by atoms with Crippen LogP contribution in [0.2, 0.25) is 5.02 Å². The number of carbonyl (C=O) groups excluding carboxylic acids is 1. The molecule has 0 aliphatic rings. The Morgan fingerprint density at radius 3 is 2.53 bits per heavy atom. The molecular weight excluding hydrogens is 400 g/mol. The molecular formula is C13H7Br2ClFNO. The number of hydrogen-bond acceptors (Lipinski definition) is 1. The molecule has 2 aromatic rings. The van der Waals surface area contributed by atoms with Crippen molar-refractivity contribution in [3.63, 3.8) is 0 Å². The van der Waals surface area contributed by atoms with Crippen molar-refractivity contribution in [2.75, 3.05) is 5.32 Å². The summed E-state index contributed by atoms with van der Waals surface area (Å²) >= 11 is 12.3. The van der Waals surface area contributed by atoms with Crippen molar-refractivity contribution in [2.45, 2.75) is 0 Å². The highest BCUT2D eigenvalue weighted by molar-refractivity contribution is 9.11. The Morgan fingerprint density at radius 2 is 1.84 bits per heavy atom. The van der Waals surface area contributed by atoms with Gasteiger partial charge in [0.15, 0.2) is 0 Å². The number of rotatable bonds is 2. The van der Waals surface area contributed by atoms with Gasteiger partial charge < -0.3 is 5.32 Å². The van der Waals surface area contributed by atoms with Crippen LogP contribution in [0, 0.1) is 5.82 Å². The summed E-state index contributed by atoms with van der Waals surface area (Å²) < 4.78 is 14.3. The average molecular weight is 407 g/mol. The third-order valence-corrected chi connectivity index (χ3v) is 3.94. The highest BCUT2D eigenvalue weighted by Gasteiger charge is 2.12. The van der Waals surface area contributed by atoms with Gasteiger partial charge in [0, 0.05) is 14.0 Å². The van der Waals surface area contributed by atoms with E-state index >= 15 is 0 Å². The van der Waals surface area contributed by atoms with Crippen molar-refractivity contribution >= 4 is 55.1 Å². The van der Waals surface area contributed by atoms with Crippen molar-refractivity contribution in [3.8, 4) is 0 Å². The first kappa shape index (κ1) is 14.5. The molecule has 0 atom stereocenters. The second kappa shape index (κ2) is 6.03. The fourth-order valence-corrected chi connectivity index (χ4v) is 2.66. The number of hydrogen-bond donors (Lipinski definition) is 1. The van der Waals surface area contributed by atoms with Gasteiger partial charge in [-0.2, -0.15) is 0 Å². The molecule has 0 unspecified atom stereocenters. The first-order chi connectivity index (χ1) is 8.97. The van der Waals surface area contributed by atoms with E-state index in [0.29, 0.717) is 19.7 Å². The van der Waals surface area contributed by atoms with Crippen molar-refractivity contribution in [2.24, 2.45) is 0 Å². The van der Waals surface area contributed by atoms with Crippen molar-refractivity contribution in [1.29, 1.82) is 0 Å². The molecule has 0 saturated heterocycles. The number of carbonyl (C=O) groups is 1. The van der Waals surface area contributed by atoms with Gasteiger partial charge in [-0.1, -0.05) is 11.6 Å². The molecule has 0 aliphatic carbocycles. The van der Waals surface area contributed by atoms with Crippen molar-refractivity contribution < 1.29 is 9.18 Å². The monoisotopic (exact) mass is 405 g/mol. The molecule has 2 aromatic carbocycles. The minimum absolute atomic E-state index is 0.224. The molecule has 2 nitrogen and oxygen atoms in total. The molecule has 19 heavy (non-hydrogen) atoms. The van der Waals surface area contributed by atoms with E-state index in [1.807, 2.05) is 0 Å². The molecule has 1 N–H and O–H groups in total. The molecule has 0 radical (unpaired) electrons. The van der Waals surface area contributed by atoms with Crippen molar-refractivity contribution in [3.05, 3.63) is 61.7 Å². The highest BCUT2D eigenvalue weighted by atomic mass is 79.9. The van der Waals surface area contributed by atoms with E-state index in [1.54, 1.807) is 18.2 Å². The SMILES string of the molecule is O=C(Nc1ccc(Cl)cc1Br)c1cc(F)ccc1Br. The van der Waals surface area contributed by atoms with E-state index in [4.69, 9.17) is 11.6 Å². The van der Waals surface area contributed by atoms with Gasteiger partial charge in [0.2, 0.25) is 0 Å². The van der Waals surface area contributed by atoms with E-state index in [-0.39, 0.29) is 5.56 Å². The van der Waals surface area contributed by atoms with E-state index in [1.165, 1.54) is 18.2 Å². The Morgan fingerprint density at radius 1 is 1.11 bits per heavy atom. The molecule has 0 heterocycles. The molecule has 6 heteroatoms. The molecule has 98 valence electrons. The standard InChI is InChI=1S/C13H7Br2ClFNO/c14-10-3-2-8(17)6-9(10)13(19)18-12-4-1-7(16)5-11(12)15/h1-6H,(H,18,19). The van der Waals surface area contributed by atoms with Gasteiger partial charge in [-0.3, -0.25) is 4.79 Å². The van der Waals surface area contributed by atoms with Gasteiger partial charge in [-0.05, 0) is 68.3 Å². The third kappa shape index (κ3) is 3.55. The van der Waals surface area contributed by atoms with E-state index in [0.717, 1.165) is 0 Å². The summed E-state index contributed by atoms with van der Waals surface area (Å²) in [4.78, 5) is 12.1. The Labute approximate surface area is 131 Å². The Kier molecular flexibility index (Phi) is 4.60. The molecule has 0 bridgehead atoms. The first-order valence-corrected chi connectivity index (χ1v) is 7.15. The van der Waals surface area contributed by atoms with Crippen LogP contribution in [0.5, 0.6) is 0 Å². The molecule has 1 amide bonds. The summed E-state index contributed by atoms with van der Waals surface area (Å²) in [7, 11) is 0. The summed E-state index contributed by atoms with van der Waals surface area (Å²) in [6, 6.07) is 8.92. The van der Waals surface area contributed by atoms with Gasteiger partial charge in [-0.15, -0.1) is 0 Å². The minimum atomic E-state index is -0.469. The smallest absolute Gasteiger partial charge is 0.256 e. The van der Waals surface area contributed by atoms with Crippen LogP contribution in [0.25, 0.3) is 0 Å². The van der Waals surface area contributed by atoms with E-state index in [2.05, 4.69) is 37.2 Å². The second-order valence-electron chi connectivity index (χ2n) is 3.70. The number of anilines is 1. The fourth-order valence-electron chi connectivity index (χ4n) is 1.45. The van der Waals surface area contributed by atoms with Crippen LogP contribution in [0.3, 0.4) is 0 Å². The summed E-state index contributed by atoms with van der Waals surface area (Å²) in [6.45, 7) is 0. The van der Waals surface area contributed by atoms with Crippen LogP contribution >= 0.6 is 43.5 Å². The van der Waals surface area contributed by atoms with Gasteiger partial charge in [0.05, 0.1) is 11.3 Å². The second-order valence-corrected chi connectivity index (χ2v) is 5.85. The van der Waals surface area contributed by atoms with Gasteiger partial charge in [0.1, 0.15) is 5.82 Å². The van der Waals surface area contributed by atoms with Crippen LogP contribution in [0.15, 0.2) is 45.3 Å². The molecule has 0 aromatic heterocycles. The van der Waals surface area contributed by atoms with E-state index in [9.17, 15) is 9.18 Å². The zero-order chi connectivity index (χ0) is 14.0. The zero-order valence-corrected chi connectivity index (χ0v) is 13.3. The highest BCUT2D eigenvalue weighted by Crippen LogP contribution is 2.27. The number of amides is 1. The maximum atomic E-state index is 13.2. The summed E-state index contributed by atoms with van der Waals surface area (Å²) in [5.74, 6) is -0.877. The maximum absolute atomic E-state index is 13.2. The number of nitrogens with one attached hydrogen (secondary N) is 1. The molecule has 0 fully saturated rings. The van der Waals surface area contributed by atoms with Gasteiger partial charge >= 0.3 is 0 Å². The minimum Gasteiger partial charge on any atom is -0.321 e. The molecule has 0 saturated carbocycles.